The molecule has 8 nitrogen and oxygen atoms in total. The van der Waals surface area contributed by atoms with E-state index in [-0.39, 0.29) is 10.8 Å². The number of nitrogens with zero attached hydrogens (tertiary/aromatic N) is 2. The molecule has 5 rings (SSSR count). The number of carbonyl (C=O) groups is 1. The molecule has 0 aliphatic carbocycles. The molecule has 3 aliphatic heterocycles. The number of benzene rings is 2. The van der Waals surface area contributed by atoms with Gasteiger partial charge in [-0.1, -0.05) is 24.3 Å². The second-order valence-electron chi connectivity index (χ2n) is 9.10. The maximum atomic E-state index is 13.3. The van der Waals surface area contributed by atoms with Crippen molar-refractivity contribution in [2.45, 2.75) is 49.7 Å². The third-order valence-corrected chi connectivity index (χ3v) is 8.63. The molecule has 1 atom stereocenters. The van der Waals surface area contributed by atoms with E-state index in [0.717, 1.165) is 25.2 Å². The Morgan fingerprint density at radius 3 is 2.38 bits per heavy atom. The van der Waals surface area contributed by atoms with Crippen LogP contribution in [0, 0.1) is 0 Å². The van der Waals surface area contributed by atoms with Crippen molar-refractivity contribution in [2.75, 3.05) is 32.8 Å². The Hall–Kier alpha value is -2.62. The summed E-state index contributed by atoms with van der Waals surface area (Å²) in [7, 11) is -3.83. The minimum absolute atomic E-state index is 0.116. The van der Waals surface area contributed by atoms with Gasteiger partial charge in [0.1, 0.15) is 19.3 Å². The zero-order valence-corrected chi connectivity index (χ0v) is 20.1. The van der Waals surface area contributed by atoms with Gasteiger partial charge in [0.25, 0.3) is 0 Å². The van der Waals surface area contributed by atoms with Gasteiger partial charge in [0.2, 0.25) is 15.9 Å². The van der Waals surface area contributed by atoms with Crippen molar-refractivity contribution in [1.82, 2.24) is 14.5 Å². The smallest absolute Gasteiger partial charge is 0.243 e. The fourth-order valence-corrected chi connectivity index (χ4v) is 6.55. The van der Waals surface area contributed by atoms with Crippen LogP contribution in [0.2, 0.25) is 0 Å². The summed E-state index contributed by atoms with van der Waals surface area (Å²) in [4.78, 5) is 15.5. The Bertz CT molecular complexity index is 1130. The van der Waals surface area contributed by atoms with Crippen LogP contribution >= 0.6 is 0 Å². The third kappa shape index (κ3) is 4.92. The van der Waals surface area contributed by atoms with Gasteiger partial charge in [-0.25, -0.2) is 8.42 Å². The van der Waals surface area contributed by atoms with Crippen LogP contribution in [-0.4, -0.2) is 62.4 Å². The van der Waals surface area contributed by atoms with Crippen LogP contribution in [0.5, 0.6) is 11.5 Å². The highest BCUT2D eigenvalue weighted by atomic mass is 32.2. The SMILES string of the molecule is O=C(NCc1ccc(CN2CCCC2)cc1)C1CCCN1S(=O)(=O)c1ccc2c(c1)OCCO2. The molecule has 2 aromatic carbocycles. The van der Waals surface area contributed by atoms with E-state index < -0.39 is 16.1 Å². The predicted molar refractivity (Wildman–Crippen MR) is 127 cm³/mol. The largest absolute Gasteiger partial charge is 0.486 e. The molecule has 0 aromatic heterocycles. The predicted octanol–water partition coefficient (Wildman–Crippen LogP) is 2.52. The van der Waals surface area contributed by atoms with Gasteiger partial charge >= 0.3 is 0 Å². The molecule has 2 fully saturated rings. The Balaban J connectivity index is 1.21. The van der Waals surface area contributed by atoms with Gasteiger partial charge < -0.3 is 14.8 Å². The van der Waals surface area contributed by atoms with E-state index in [4.69, 9.17) is 9.47 Å². The van der Waals surface area contributed by atoms with Crippen molar-refractivity contribution in [2.24, 2.45) is 0 Å². The van der Waals surface area contributed by atoms with Crippen molar-refractivity contribution in [1.29, 1.82) is 0 Å². The Morgan fingerprint density at radius 1 is 0.912 bits per heavy atom. The molecule has 1 amide bonds. The molecular formula is C25H31N3O5S. The number of nitrogens with one attached hydrogen (secondary N) is 1. The van der Waals surface area contributed by atoms with E-state index in [0.29, 0.717) is 50.6 Å². The normalized spacial score (nSPS) is 21.0. The molecule has 3 aliphatic rings. The number of hydrogen-bond acceptors (Lipinski definition) is 6. The number of rotatable bonds is 7. The third-order valence-electron chi connectivity index (χ3n) is 6.72. The second-order valence-corrected chi connectivity index (χ2v) is 11.0. The lowest BCUT2D eigenvalue weighted by Crippen LogP contribution is -2.45. The van der Waals surface area contributed by atoms with Gasteiger partial charge in [0.05, 0.1) is 4.90 Å². The van der Waals surface area contributed by atoms with E-state index in [9.17, 15) is 13.2 Å². The van der Waals surface area contributed by atoms with Crippen LogP contribution in [0.4, 0.5) is 0 Å². The number of likely N-dealkylation sites (tertiary alicyclic amines) is 1. The topological polar surface area (TPSA) is 88.2 Å². The Morgan fingerprint density at radius 2 is 1.62 bits per heavy atom. The highest BCUT2D eigenvalue weighted by molar-refractivity contribution is 7.89. The van der Waals surface area contributed by atoms with Crippen molar-refractivity contribution in [3.8, 4) is 11.5 Å². The first-order chi connectivity index (χ1) is 16.5. The molecule has 9 heteroatoms. The molecule has 2 aromatic rings. The first-order valence-electron chi connectivity index (χ1n) is 12.0. The number of ether oxygens (including phenoxy) is 2. The van der Waals surface area contributed by atoms with Crippen LogP contribution in [0.3, 0.4) is 0 Å². The molecule has 0 spiro atoms. The number of fused-ring (bicyclic) bond motifs is 1. The molecule has 1 unspecified atom stereocenters. The van der Waals surface area contributed by atoms with Crippen LogP contribution in [0.25, 0.3) is 0 Å². The van der Waals surface area contributed by atoms with Gasteiger partial charge in [0, 0.05) is 25.7 Å². The number of amides is 1. The maximum absolute atomic E-state index is 13.3. The molecule has 0 saturated carbocycles. The summed E-state index contributed by atoms with van der Waals surface area (Å²) in [5.74, 6) is 0.688. The summed E-state index contributed by atoms with van der Waals surface area (Å²) in [6.45, 7) is 4.79. The molecule has 1 N–H and O–H groups in total. The zero-order valence-electron chi connectivity index (χ0n) is 19.2. The molecule has 182 valence electrons. The fourth-order valence-electron chi connectivity index (χ4n) is 4.88. The lowest BCUT2D eigenvalue weighted by atomic mass is 10.1. The Kier molecular flexibility index (Phi) is 6.76. The number of carbonyl (C=O) groups excluding carboxylic acids is 1. The quantitative estimate of drug-likeness (QED) is 0.649. The summed E-state index contributed by atoms with van der Waals surface area (Å²) in [6, 6.07) is 12.2. The molecule has 0 bridgehead atoms. The van der Waals surface area contributed by atoms with Crippen LogP contribution in [0.15, 0.2) is 47.4 Å². The molecule has 34 heavy (non-hydrogen) atoms. The molecule has 0 radical (unpaired) electrons. The van der Waals surface area contributed by atoms with Crippen molar-refractivity contribution < 1.29 is 22.7 Å². The molecule has 3 heterocycles. The summed E-state index contributed by atoms with van der Waals surface area (Å²) in [5, 5.41) is 2.94. The first-order valence-corrected chi connectivity index (χ1v) is 13.4. The lowest BCUT2D eigenvalue weighted by Gasteiger charge is -2.24. The zero-order chi connectivity index (χ0) is 23.5. The second kappa shape index (κ2) is 9.93. The van der Waals surface area contributed by atoms with Gasteiger partial charge in [-0.05, 0) is 62.0 Å². The van der Waals surface area contributed by atoms with Gasteiger partial charge in [-0.15, -0.1) is 0 Å². The first kappa shape index (κ1) is 23.1. The van der Waals surface area contributed by atoms with Gasteiger partial charge in [-0.3, -0.25) is 9.69 Å². The summed E-state index contributed by atoms with van der Waals surface area (Å²) in [6.07, 6.45) is 3.69. The fraction of sp³-hybridized carbons (Fsp3) is 0.480. The number of hydrogen-bond donors (Lipinski definition) is 1. The lowest BCUT2D eigenvalue weighted by molar-refractivity contribution is -0.124. The standard InChI is InChI=1S/C25H31N3O5S/c29-25(26-17-19-5-7-20(8-6-19)18-27-11-1-2-12-27)22-4-3-13-28(22)34(30,31)21-9-10-23-24(16-21)33-15-14-32-23/h5-10,16,22H,1-4,11-15,17-18H2,(H,26,29). The van der Waals surface area contributed by atoms with Crippen LogP contribution < -0.4 is 14.8 Å². The van der Waals surface area contributed by atoms with Crippen molar-refractivity contribution >= 4 is 15.9 Å². The molecule has 2 saturated heterocycles. The van der Waals surface area contributed by atoms with E-state index in [2.05, 4.69) is 22.3 Å². The number of sulfonamides is 1. The monoisotopic (exact) mass is 485 g/mol. The van der Waals surface area contributed by atoms with Crippen LogP contribution in [0.1, 0.15) is 36.8 Å². The molecular weight excluding hydrogens is 454 g/mol. The van der Waals surface area contributed by atoms with E-state index >= 15 is 0 Å². The highest BCUT2D eigenvalue weighted by Gasteiger charge is 2.39. The summed E-state index contributed by atoms with van der Waals surface area (Å²) >= 11 is 0. The highest BCUT2D eigenvalue weighted by Crippen LogP contribution is 2.34. The van der Waals surface area contributed by atoms with Crippen molar-refractivity contribution in [3.63, 3.8) is 0 Å². The van der Waals surface area contributed by atoms with E-state index in [1.807, 2.05) is 12.1 Å². The van der Waals surface area contributed by atoms with E-state index in [1.54, 1.807) is 6.07 Å². The maximum Gasteiger partial charge on any atom is 0.243 e. The average molecular weight is 486 g/mol. The minimum atomic E-state index is -3.83. The summed E-state index contributed by atoms with van der Waals surface area (Å²) in [5.41, 5.74) is 2.27. The van der Waals surface area contributed by atoms with Crippen molar-refractivity contribution in [3.05, 3.63) is 53.6 Å². The van der Waals surface area contributed by atoms with Gasteiger partial charge in [0.15, 0.2) is 11.5 Å². The minimum Gasteiger partial charge on any atom is -0.486 e. The Labute approximate surface area is 200 Å². The average Bonchev–Trinajstić information content (AvgIpc) is 3.56. The van der Waals surface area contributed by atoms with E-state index in [1.165, 1.54) is 34.8 Å². The summed E-state index contributed by atoms with van der Waals surface area (Å²) < 4.78 is 39.0. The van der Waals surface area contributed by atoms with Crippen LogP contribution in [-0.2, 0) is 27.9 Å². The van der Waals surface area contributed by atoms with Gasteiger partial charge in [-0.2, -0.15) is 4.31 Å².